The van der Waals surface area contributed by atoms with Crippen LogP contribution < -0.4 is 5.32 Å². The molecule has 0 spiro atoms. The SMILES string of the molecule is Cc1cc(NCC2CC2(C)C)c2cc([N+](=O)[O-])ccc2n1. The molecule has 3 rings (SSSR count). The molecule has 1 aromatic carbocycles. The van der Waals surface area contributed by atoms with Gasteiger partial charge in [0.15, 0.2) is 0 Å². The maximum absolute atomic E-state index is 10.9. The Labute approximate surface area is 123 Å². The van der Waals surface area contributed by atoms with E-state index >= 15 is 0 Å². The van der Waals surface area contributed by atoms with Crippen LogP contribution in [0.15, 0.2) is 24.3 Å². The number of benzene rings is 1. The molecule has 0 aliphatic heterocycles. The zero-order valence-corrected chi connectivity index (χ0v) is 12.5. The summed E-state index contributed by atoms with van der Waals surface area (Å²) in [5, 5.41) is 15.2. The van der Waals surface area contributed by atoms with Crippen LogP contribution in [-0.4, -0.2) is 16.5 Å². The number of aromatic nitrogens is 1. The molecule has 0 amide bonds. The molecule has 0 radical (unpaired) electrons. The zero-order valence-electron chi connectivity index (χ0n) is 12.5. The van der Waals surface area contributed by atoms with Crippen LogP contribution in [0, 0.1) is 28.4 Å². The lowest BCUT2D eigenvalue weighted by molar-refractivity contribution is -0.384. The van der Waals surface area contributed by atoms with Crippen LogP contribution >= 0.6 is 0 Å². The lowest BCUT2D eigenvalue weighted by Crippen LogP contribution is -2.08. The van der Waals surface area contributed by atoms with Crippen LogP contribution in [0.25, 0.3) is 10.9 Å². The van der Waals surface area contributed by atoms with Gasteiger partial charge in [-0.1, -0.05) is 13.8 Å². The summed E-state index contributed by atoms with van der Waals surface area (Å²) >= 11 is 0. The zero-order chi connectivity index (χ0) is 15.2. The van der Waals surface area contributed by atoms with Crippen molar-refractivity contribution in [2.45, 2.75) is 27.2 Å². The second-order valence-electron chi connectivity index (χ2n) is 6.54. The summed E-state index contributed by atoms with van der Waals surface area (Å²) in [5.41, 5.74) is 3.15. The number of anilines is 1. The standard InChI is InChI=1S/C16H19N3O2/c1-10-6-15(17-9-11-8-16(11,2)3)13-7-12(19(20)21)4-5-14(13)18-10/h4-7,11H,8-9H2,1-3H3,(H,17,18). The molecule has 1 atom stereocenters. The molecule has 1 fully saturated rings. The van der Waals surface area contributed by atoms with Gasteiger partial charge in [-0.15, -0.1) is 0 Å². The Bertz CT molecular complexity index is 725. The summed E-state index contributed by atoms with van der Waals surface area (Å²) in [6, 6.07) is 6.78. The van der Waals surface area contributed by atoms with Crippen LogP contribution in [0.3, 0.4) is 0 Å². The first-order chi connectivity index (χ1) is 9.87. The normalized spacial score (nSPS) is 19.5. The molecule has 1 aromatic heterocycles. The maximum Gasteiger partial charge on any atom is 0.270 e. The fraction of sp³-hybridized carbons (Fsp3) is 0.438. The van der Waals surface area contributed by atoms with Crippen molar-refractivity contribution in [3.8, 4) is 0 Å². The van der Waals surface area contributed by atoms with Crippen molar-refractivity contribution < 1.29 is 4.92 Å². The van der Waals surface area contributed by atoms with Gasteiger partial charge in [-0.2, -0.15) is 0 Å². The van der Waals surface area contributed by atoms with E-state index in [-0.39, 0.29) is 10.6 Å². The molecule has 1 aliphatic rings. The monoisotopic (exact) mass is 285 g/mol. The van der Waals surface area contributed by atoms with Gasteiger partial charge in [-0.25, -0.2) is 0 Å². The van der Waals surface area contributed by atoms with Gasteiger partial charge >= 0.3 is 0 Å². The predicted octanol–water partition coefficient (Wildman–Crippen LogP) is 3.91. The van der Waals surface area contributed by atoms with Gasteiger partial charge in [-0.05, 0) is 36.8 Å². The van der Waals surface area contributed by atoms with Crippen molar-refractivity contribution in [2.75, 3.05) is 11.9 Å². The Morgan fingerprint density at radius 1 is 1.43 bits per heavy atom. The van der Waals surface area contributed by atoms with Crippen molar-refractivity contribution in [1.29, 1.82) is 0 Å². The number of hydrogen-bond acceptors (Lipinski definition) is 4. The molecule has 110 valence electrons. The molecule has 21 heavy (non-hydrogen) atoms. The Morgan fingerprint density at radius 2 is 2.14 bits per heavy atom. The van der Waals surface area contributed by atoms with Crippen molar-refractivity contribution in [1.82, 2.24) is 4.98 Å². The van der Waals surface area contributed by atoms with Crippen LogP contribution in [0.5, 0.6) is 0 Å². The summed E-state index contributed by atoms with van der Waals surface area (Å²) < 4.78 is 0. The van der Waals surface area contributed by atoms with Gasteiger partial charge in [0.1, 0.15) is 0 Å². The smallest absolute Gasteiger partial charge is 0.270 e. The highest BCUT2D eigenvalue weighted by atomic mass is 16.6. The number of hydrogen-bond donors (Lipinski definition) is 1. The molecule has 2 aromatic rings. The van der Waals surface area contributed by atoms with E-state index in [1.54, 1.807) is 12.1 Å². The first kappa shape index (κ1) is 13.8. The van der Waals surface area contributed by atoms with Gasteiger partial charge < -0.3 is 5.32 Å². The lowest BCUT2D eigenvalue weighted by Gasteiger charge is -2.11. The molecule has 1 aliphatic carbocycles. The van der Waals surface area contributed by atoms with Gasteiger partial charge in [0, 0.05) is 35.4 Å². The first-order valence-corrected chi connectivity index (χ1v) is 7.16. The third-order valence-electron chi connectivity index (χ3n) is 4.39. The Balaban J connectivity index is 1.95. The quantitative estimate of drug-likeness (QED) is 0.683. The Morgan fingerprint density at radius 3 is 2.76 bits per heavy atom. The van der Waals surface area contributed by atoms with E-state index in [4.69, 9.17) is 0 Å². The minimum atomic E-state index is -0.368. The highest BCUT2D eigenvalue weighted by Gasteiger charge is 2.44. The van der Waals surface area contributed by atoms with Crippen LogP contribution in [-0.2, 0) is 0 Å². The number of fused-ring (bicyclic) bond motifs is 1. The van der Waals surface area contributed by atoms with E-state index in [2.05, 4.69) is 24.1 Å². The number of rotatable bonds is 4. The van der Waals surface area contributed by atoms with Gasteiger partial charge in [0.2, 0.25) is 0 Å². The van der Waals surface area contributed by atoms with E-state index in [9.17, 15) is 10.1 Å². The maximum atomic E-state index is 10.9. The van der Waals surface area contributed by atoms with Crippen molar-refractivity contribution >= 4 is 22.3 Å². The fourth-order valence-electron chi connectivity index (χ4n) is 2.76. The minimum Gasteiger partial charge on any atom is -0.384 e. The molecule has 0 bridgehead atoms. The average molecular weight is 285 g/mol. The van der Waals surface area contributed by atoms with E-state index < -0.39 is 0 Å². The molecule has 1 N–H and O–H groups in total. The predicted molar refractivity (Wildman–Crippen MR) is 83.5 cm³/mol. The number of nitrogens with zero attached hydrogens (tertiary/aromatic N) is 2. The highest BCUT2D eigenvalue weighted by Crippen LogP contribution is 2.51. The second-order valence-corrected chi connectivity index (χ2v) is 6.54. The molecule has 5 heteroatoms. The molecule has 1 heterocycles. The van der Waals surface area contributed by atoms with Gasteiger partial charge in [-0.3, -0.25) is 15.1 Å². The van der Waals surface area contributed by atoms with Crippen LogP contribution in [0.2, 0.25) is 0 Å². The minimum absolute atomic E-state index is 0.1000. The molecule has 5 nitrogen and oxygen atoms in total. The van der Waals surface area contributed by atoms with Crippen molar-refractivity contribution in [3.63, 3.8) is 0 Å². The van der Waals surface area contributed by atoms with E-state index in [1.807, 2.05) is 13.0 Å². The lowest BCUT2D eigenvalue weighted by atomic mass is 10.1. The summed E-state index contributed by atoms with van der Waals surface area (Å²) in [4.78, 5) is 15.0. The Hall–Kier alpha value is -2.17. The Kier molecular flexibility index (Phi) is 3.08. The number of non-ortho nitro benzene ring substituents is 1. The van der Waals surface area contributed by atoms with Gasteiger partial charge in [0.05, 0.1) is 10.4 Å². The van der Waals surface area contributed by atoms with Crippen molar-refractivity contribution in [3.05, 3.63) is 40.1 Å². The fourth-order valence-corrected chi connectivity index (χ4v) is 2.76. The number of aryl methyl sites for hydroxylation is 1. The van der Waals surface area contributed by atoms with Crippen LogP contribution in [0.4, 0.5) is 11.4 Å². The third kappa shape index (κ3) is 2.68. The first-order valence-electron chi connectivity index (χ1n) is 7.16. The largest absolute Gasteiger partial charge is 0.384 e. The molecule has 0 saturated heterocycles. The molecular weight excluding hydrogens is 266 g/mol. The van der Waals surface area contributed by atoms with Gasteiger partial charge in [0.25, 0.3) is 5.69 Å². The molecule has 1 unspecified atom stereocenters. The summed E-state index contributed by atoms with van der Waals surface area (Å²) in [6.07, 6.45) is 1.22. The number of pyridine rings is 1. The average Bonchev–Trinajstić information content (AvgIpc) is 3.02. The number of nitro benzene ring substituents is 1. The highest BCUT2D eigenvalue weighted by molar-refractivity contribution is 5.93. The summed E-state index contributed by atoms with van der Waals surface area (Å²) in [5.74, 6) is 0.666. The summed E-state index contributed by atoms with van der Waals surface area (Å²) in [6.45, 7) is 7.36. The number of nitro groups is 1. The van der Waals surface area contributed by atoms with E-state index in [0.717, 1.165) is 28.8 Å². The topological polar surface area (TPSA) is 68.1 Å². The molecule has 1 saturated carbocycles. The van der Waals surface area contributed by atoms with Crippen LogP contribution in [0.1, 0.15) is 26.0 Å². The third-order valence-corrected chi connectivity index (χ3v) is 4.39. The second kappa shape index (κ2) is 4.69. The van der Waals surface area contributed by atoms with Crippen molar-refractivity contribution in [2.24, 2.45) is 11.3 Å². The molecular formula is C16H19N3O2. The van der Waals surface area contributed by atoms with E-state index in [1.165, 1.54) is 12.5 Å². The number of nitrogens with one attached hydrogen (secondary N) is 1. The summed E-state index contributed by atoms with van der Waals surface area (Å²) in [7, 11) is 0. The van der Waals surface area contributed by atoms with E-state index in [0.29, 0.717) is 11.3 Å².